The van der Waals surface area contributed by atoms with Crippen LogP contribution in [0, 0.1) is 6.92 Å². The highest BCUT2D eigenvalue weighted by Gasteiger charge is 2.19. The maximum atomic E-state index is 12.3. The van der Waals surface area contributed by atoms with Gasteiger partial charge in [0.25, 0.3) is 0 Å². The molecule has 33 heavy (non-hydrogen) atoms. The summed E-state index contributed by atoms with van der Waals surface area (Å²) in [5, 5.41) is 12.2. The van der Waals surface area contributed by atoms with E-state index in [9.17, 15) is 9.59 Å². The summed E-state index contributed by atoms with van der Waals surface area (Å²) in [7, 11) is 1.62. The lowest BCUT2D eigenvalue weighted by Gasteiger charge is -2.12. The van der Waals surface area contributed by atoms with Gasteiger partial charge >= 0.3 is 5.97 Å². The molecule has 1 aromatic heterocycles. The van der Waals surface area contributed by atoms with Crippen LogP contribution in [0.1, 0.15) is 25.3 Å². The van der Waals surface area contributed by atoms with E-state index in [2.05, 4.69) is 15.5 Å². The zero-order valence-electron chi connectivity index (χ0n) is 19.0. The third-order valence-electron chi connectivity index (χ3n) is 4.79. The number of aromatic nitrogens is 3. The zero-order valence-corrected chi connectivity index (χ0v) is 19.9. The van der Waals surface area contributed by atoms with Crippen LogP contribution in [-0.2, 0) is 14.3 Å². The summed E-state index contributed by atoms with van der Waals surface area (Å²) < 4.78 is 12.3. The molecule has 0 aliphatic carbocycles. The lowest BCUT2D eigenvalue weighted by atomic mass is 10.1. The normalized spacial score (nSPS) is 10.6. The molecule has 9 heteroatoms. The number of nitrogens with one attached hydrogen (secondary N) is 1. The van der Waals surface area contributed by atoms with Crippen molar-refractivity contribution < 1.29 is 19.1 Å². The minimum absolute atomic E-state index is 0.138. The standard InChI is InChI=1S/C24H28N4O4S/c1-4-32-22(30)10-7-15-25-21(29)16-33-24-27-26-23(19-8-5-6-9-20(19)31-3)28(24)18-13-11-17(2)12-14-18/h5-6,8-9,11-14H,4,7,10,15-16H2,1-3H3,(H,25,29). The fourth-order valence-electron chi connectivity index (χ4n) is 3.17. The molecular formula is C24H28N4O4S. The summed E-state index contributed by atoms with van der Waals surface area (Å²) in [6, 6.07) is 15.7. The maximum absolute atomic E-state index is 12.3. The summed E-state index contributed by atoms with van der Waals surface area (Å²) in [6.07, 6.45) is 0.817. The number of esters is 1. The predicted molar refractivity (Wildman–Crippen MR) is 128 cm³/mol. The lowest BCUT2D eigenvalue weighted by molar-refractivity contribution is -0.143. The van der Waals surface area contributed by atoms with E-state index < -0.39 is 0 Å². The summed E-state index contributed by atoms with van der Waals surface area (Å²) in [4.78, 5) is 23.7. The van der Waals surface area contributed by atoms with E-state index in [0.29, 0.717) is 36.3 Å². The molecule has 0 radical (unpaired) electrons. The Balaban J connectivity index is 1.74. The third kappa shape index (κ3) is 6.58. The minimum Gasteiger partial charge on any atom is -0.496 e. The molecule has 8 nitrogen and oxygen atoms in total. The molecule has 2 aromatic carbocycles. The van der Waals surface area contributed by atoms with Gasteiger partial charge in [0.1, 0.15) is 5.75 Å². The molecule has 0 saturated heterocycles. The monoisotopic (exact) mass is 468 g/mol. The first-order chi connectivity index (χ1) is 16.0. The first-order valence-corrected chi connectivity index (χ1v) is 11.7. The molecule has 0 aliphatic heterocycles. The number of nitrogens with zero attached hydrogens (tertiary/aromatic N) is 3. The number of hydrogen-bond donors (Lipinski definition) is 1. The highest BCUT2D eigenvalue weighted by Crippen LogP contribution is 2.33. The molecule has 3 rings (SSSR count). The van der Waals surface area contributed by atoms with Gasteiger partial charge in [-0.1, -0.05) is 41.6 Å². The average molecular weight is 469 g/mol. The van der Waals surface area contributed by atoms with Crippen molar-refractivity contribution in [3.8, 4) is 22.8 Å². The summed E-state index contributed by atoms with van der Waals surface area (Å²) in [5.74, 6) is 1.11. The highest BCUT2D eigenvalue weighted by atomic mass is 32.2. The van der Waals surface area contributed by atoms with Gasteiger partial charge in [-0.2, -0.15) is 0 Å². The van der Waals surface area contributed by atoms with Gasteiger partial charge in [-0.25, -0.2) is 0 Å². The van der Waals surface area contributed by atoms with Gasteiger partial charge in [-0.15, -0.1) is 10.2 Å². The molecule has 3 aromatic rings. The van der Waals surface area contributed by atoms with E-state index in [1.54, 1.807) is 14.0 Å². The van der Waals surface area contributed by atoms with E-state index >= 15 is 0 Å². The molecule has 0 aliphatic rings. The van der Waals surface area contributed by atoms with Crippen LogP contribution in [0.3, 0.4) is 0 Å². The van der Waals surface area contributed by atoms with Crippen molar-refractivity contribution in [3.05, 3.63) is 54.1 Å². The first-order valence-electron chi connectivity index (χ1n) is 10.7. The van der Waals surface area contributed by atoms with E-state index in [1.807, 2.05) is 60.0 Å². The molecule has 1 N–H and O–H groups in total. The van der Waals surface area contributed by atoms with Crippen LogP contribution in [0.15, 0.2) is 53.7 Å². The second-order valence-electron chi connectivity index (χ2n) is 7.22. The lowest BCUT2D eigenvalue weighted by Crippen LogP contribution is -2.26. The number of amides is 1. The van der Waals surface area contributed by atoms with E-state index in [-0.39, 0.29) is 24.1 Å². The SMILES string of the molecule is CCOC(=O)CCCNC(=O)CSc1nnc(-c2ccccc2OC)n1-c1ccc(C)cc1. The quantitative estimate of drug-likeness (QED) is 0.260. The van der Waals surface area contributed by atoms with Gasteiger partial charge in [0.05, 0.1) is 25.0 Å². The molecule has 0 spiro atoms. The molecule has 0 saturated carbocycles. The number of thioether (sulfide) groups is 1. The number of aryl methyl sites for hydroxylation is 1. The van der Waals surface area contributed by atoms with E-state index in [0.717, 1.165) is 16.8 Å². The number of carbonyl (C=O) groups is 2. The van der Waals surface area contributed by atoms with Crippen molar-refractivity contribution >= 4 is 23.6 Å². The van der Waals surface area contributed by atoms with Crippen LogP contribution in [0.2, 0.25) is 0 Å². The molecule has 0 fully saturated rings. The van der Waals surface area contributed by atoms with Gasteiger partial charge in [0.15, 0.2) is 11.0 Å². The smallest absolute Gasteiger partial charge is 0.305 e. The van der Waals surface area contributed by atoms with Gasteiger partial charge in [-0.05, 0) is 44.5 Å². The summed E-state index contributed by atoms with van der Waals surface area (Å²) in [5.41, 5.74) is 2.84. The fourth-order valence-corrected chi connectivity index (χ4v) is 3.95. The van der Waals surface area contributed by atoms with E-state index in [4.69, 9.17) is 9.47 Å². The zero-order chi connectivity index (χ0) is 23.6. The highest BCUT2D eigenvalue weighted by molar-refractivity contribution is 7.99. The maximum Gasteiger partial charge on any atom is 0.305 e. The Labute approximate surface area is 197 Å². The molecule has 1 heterocycles. The topological polar surface area (TPSA) is 95.3 Å². The first kappa shape index (κ1) is 24.3. The number of ether oxygens (including phenoxy) is 2. The van der Waals surface area contributed by atoms with Gasteiger partial charge in [0.2, 0.25) is 5.91 Å². The Morgan fingerprint density at radius 1 is 1.09 bits per heavy atom. The molecule has 174 valence electrons. The molecule has 0 unspecified atom stereocenters. The van der Waals surface area contributed by atoms with E-state index in [1.165, 1.54) is 11.8 Å². The van der Waals surface area contributed by atoms with Crippen molar-refractivity contribution in [2.24, 2.45) is 0 Å². The van der Waals surface area contributed by atoms with Crippen LogP contribution in [0.4, 0.5) is 0 Å². The number of carbonyl (C=O) groups excluding carboxylic acids is 2. The third-order valence-corrected chi connectivity index (χ3v) is 5.72. The van der Waals surface area contributed by atoms with Crippen molar-refractivity contribution in [2.45, 2.75) is 31.8 Å². The number of hydrogen-bond acceptors (Lipinski definition) is 7. The predicted octanol–water partition coefficient (Wildman–Crippen LogP) is 3.80. The Hall–Kier alpha value is -3.33. The van der Waals surface area contributed by atoms with Crippen molar-refractivity contribution in [2.75, 3.05) is 26.0 Å². The van der Waals surface area contributed by atoms with Crippen LogP contribution in [0.5, 0.6) is 5.75 Å². The molecule has 1 amide bonds. The van der Waals surface area contributed by atoms with Crippen molar-refractivity contribution in [1.29, 1.82) is 0 Å². The Morgan fingerprint density at radius 2 is 1.85 bits per heavy atom. The number of benzene rings is 2. The van der Waals surface area contributed by atoms with Crippen LogP contribution < -0.4 is 10.1 Å². The Bertz CT molecular complexity index is 1080. The van der Waals surface area contributed by atoms with Crippen molar-refractivity contribution in [1.82, 2.24) is 20.1 Å². The van der Waals surface area contributed by atoms with Crippen molar-refractivity contribution in [3.63, 3.8) is 0 Å². The van der Waals surface area contributed by atoms with Gasteiger partial charge < -0.3 is 14.8 Å². The van der Waals surface area contributed by atoms with Gasteiger partial charge in [-0.3, -0.25) is 14.2 Å². The summed E-state index contributed by atoms with van der Waals surface area (Å²) in [6.45, 7) is 4.57. The Kier molecular flexibility index (Phi) is 8.88. The number of methoxy groups -OCH3 is 1. The number of para-hydroxylation sites is 1. The largest absolute Gasteiger partial charge is 0.496 e. The molecule has 0 bridgehead atoms. The Morgan fingerprint density at radius 3 is 2.58 bits per heavy atom. The molecular weight excluding hydrogens is 440 g/mol. The summed E-state index contributed by atoms with van der Waals surface area (Å²) >= 11 is 1.30. The second kappa shape index (κ2) is 12.1. The molecule has 0 atom stereocenters. The average Bonchev–Trinajstić information content (AvgIpc) is 3.25. The van der Waals surface area contributed by atoms with Crippen LogP contribution in [0.25, 0.3) is 17.1 Å². The number of rotatable bonds is 11. The fraction of sp³-hybridized carbons (Fsp3) is 0.333. The van der Waals surface area contributed by atoms with Gasteiger partial charge in [0, 0.05) is 18.7 Å². The minimum atomic E-state index is -0.254. The van der Waals surface area contributed by atoms with Crippen LogP contribution in [-0.4, -0.2) is 52.7 Å². The van der Waals surface area contributed by atoms with Crippen LogP contribution >= 0.6 is 11.8 Å². The second-order valence-corrected chi connectivity index (χ2v) is 8.17.